The third kappa shape index (κ3) is 4.95. The molecule has 212 valence electrons. The Hall–Kier alpha value is -2.92. The van der Waals surface area contributed by atoms with Crippen molar-refractivity contribution in [3.05, 3.63) is 22.7 Å². The van der Waals surface area contributed by atoms with Gasteiger partial charge in [-0.15, -0.1) is 0 Å². The molecule has 6 atom stereocenters. The Morgan fingerprint density at radius 2 is 1.97 bits per heavy atom. The minimum Gasteiger partial charge on any atom is -0.379 e. The van der Waals surface area contributed by atoms with Crippen molar-refractivity contribution in [2.75, 3.05) is 35.3 Å². The van der Waals surface area contributed by atoms with Crippen LogP contribution in [-0.2, 0) is 4.74 Å². The summed E-state index contributed by atoms with van der Waals surface area (Å²) in [7, 11) is 0. The van der Waals surface area contributed by atoms with Crippen LogP contribution in [0.1, 0.15) is 66.2 Å². The lowest BCUT2D eigenvalue weighted by molar-refractivity contribution is -0.0179. The van der Waals surface area contributed by atoms with Gasteiger partial charge in [-0.3, -0.25) is 14.4 Å². The number of nitrogens with one attached hydrogen (secondary N) is 3. The van der Waals surface area contributed by atoms with E-state index in [2.05, 4.69) is 64.8 Å². The molecule has 2 aromatic rings. The minimum absolute atomic E-state index is 0.110. The van der Waals surface area contributed by atoms with Crippen molar-refractivity contribution in [3.63, 3.8) is 0 Å². The molecule has 6 rings (SSSR count). The molecule has 4 aliphatic rings. The molecule has 11 nitrogen and oxygen atoms in total. The summed E-state index contributed by atoms with van der Waals surface area (Å²) in [5, 5.41) is 11.4. The molecule has 2 aromatic heterocycles. The van der Waals surface area contributed by atoms with Crippen LogP contribution in [0.5, 0.6) is 0 Å². The summed E-state index contributed by atoms with van der Waals surface area (Å²) in [5.74, 6) is 3.08. The largest absolute Gasteiger partial charge is 0.439 e. The predicted octanol–water partition coefficient (Wildman–Crippen LogP) is 4.04. The second-order valence-corrected chi connectivity index (χ2v) is 12.1. The number of aromatic amines is 1. The first-order valence-corrected chi connectivity index (χ1v) is 14.6. The molecule has 39 heavy (non-hydrogen) atoms. The Morgan fingerprint density at radius 1 is 1.15 bits per heavy atom. The molecule has 2 saturated carbocycles. The van der Waals surface area contributed by atoms with Crippen LogP contribution in [0, 0.1) is 17.8 Å². The molecule has 3 N–H and O–H groups in total. The highest BCUT2D eigenvalue weighted by Crippen LogP contribution is 2.47. The third-order valence-electron chi connectivity index (χ3n) is 9.40. The number of aromatic nitrogens is 4. The van der Waals surface area contributed by atoms with E-state index in [9.17, 15) is 4.79 Å². The fraction of sp³-hybridized carbons (Fsp3) is 0.714. The van der Waals surface area contributed by atoms with E-state index in [0.717, 1.165) is 36.7 Å². The van der Waals surface area contributed by atoms with Gasteiger partial charge in [-0.05, 0) is 70.6 Å². The van der Waals surface area contributed by atoms with Crippen molar-refractivity contribution < 1.29 is 9.26 Å². The molecule has 2 aliphatic heterocycles. The second-order valence-electron chi connectivity index (χ2n) is 12.1. The van der Waals surface area contributed by atoms with Crippen LogP contribution < -0.4 is 21.3 Å². The van der Waals surface area contributed by atoms with Crippen LogP contribution in [0.3, 0.4) is 0 Å². The Bertz CT molecular complexity index is 1260. The van der Waals surface area contributed by atoms with Gasteiger partial charge in [-0.1, -0.05) is 30.7 Å². The summed E-state index contributed by atoms with van der Waals surface area (Å²) in [4.78, 5) is 29.2. The van der Waals surface area contributed by atoms with E-state index in [-0.39, 0.29) is 30.2 Å². The number of hydrogen-bond acceptors (Lipinski definition) is 10. The van der Waals surface area contributed by atoms with Crippen LogP contribution in [0.2, 0.25) is 0 Å². The number of anilines is 3. The van der Waals surface area contributed by atoms with Gasteiger partial charge in [0.05, 0.1) is 13.2 Å². The van der Waals surface area contributed by atoms with E-state index in [1.165, 1.54) is 31.3 Å². The molecule has 0 spiro atoms. The molecular weight excluding hydrogens is 496 g/mol. The monoisotopic (exact) mass is 538 g/mol. The average Bonchev–Trinajstić information content (AvgIpc) is 3.46. The maximum Gasteiger partial charge on any atom is 0.439 e. The van der Waals surface area contributed by atoms with E-state index in [4.69, 9.17) is 19.2 Å². The number of morpholine rings is 1. The Morgan fingerprint density at radius 3 is 2.64 bits per heavy atom. The van der Waals surface area contributed by atoms with Crippen LogP contribution in [0.4, 0.5) is 17.3 Å². The lowest BCUT2D eigenvalue weighted by atomic mass is 9.76. The van der Waals surface area contributed by atoms with Crippen molar-refractivity contribution in [2.24, 2.45) is 17.8 Å². The van der Waals surface area contributed by atoms with Crippen molar-refractivity contribution in [1.29, 1.82) is 0 Å². The molecule has 0 radical (unpaired) electrons. The number of rotatable bonds is 7. The molecule has 2 aliphatic carbocycles. The van der Waals surface area contributed by atoms with E-state index < -0.39 is 5.76 Å². The van der Waals surface area contributed by atoms with Gasteiger partial charge >= 0.3 is 5.76 Å². The number of fused-ring (bicyclic) bond motifs is 1. The second kappa shape index (κ2) is 10.6. The van der Waals surface area contributed by atoms with E-state index in [1.807, 2.05) is 0 Å². The topological polar surface area (TPSA) is 124 Å². The molecule has 0 bridgehead atoms. The normalized spacial score (nSPS) is 29.4. The summed E-state index contributed by atoms with van der Waals surface area (Å²) in [6.45, 7) is 15.8. The summed E-state index contributed by atoms with van der Waals surface area (Å²) < 4.78 is 10.6. The highest BCUT2D eigenvalue weighted by molar-refractivity contribution is 5.85. The van der Waals surface area contributed by atoms with Gasteiger partial charge in [0.2, 0.25) is 11.6 Å². The first-order valence-electron chi connectivity index (χ1n) is 14.6. The standard InChI is InChI=1S/C28H42N8O3/c1-15-9-10-21(16(2)13-15)19(5)36-22-23(29-18(4)20-7-6-8-20)30-25(26-33-28(37)39-34-26)31-24(22)32-27(36)35-11-12-38-14-17(35)3/h15,17-21,27H,2,6-14H2,1,3-5H3,(H,33,34,37)(H2,29,30,31,32)/t15-,17-,18-,19?,21-,27?/m1/s1. The zero-order valence-corrected chi connectivity index (χ0v) is 23.6. The molecule has 4 heterocycles. The first kappa shape index (κ1) is 26.3. The molecular formula is C28H42N8O3. The smallest absolute Gasteiger partial charge is 0.379 e. The van der Waals surface area contributed by atoms with Crippen LogP contribution in [0.15, 0.2) is 21.5 Å². The van der Waals surface area contributed by atoms with Crippen molar-refractivity contribution >= 4 is 17.3 Å². The van der Waals surface area contributed by atoms with Gasteiger partial charge in [0.1, 0.15) is 5.69 Å². The molecule has 0 amide bonds. The van der Waals surface area contributed by atoms with Gasteiger partial charge in [-0.2, -0.15) is 0 Å². The Balaban J connectivity index is 1.44. The zero-order valence-electron chi connectivity index (χ0n) is 23.6. The van der Waals surface area contributed by atoms with Crippen molar-refractivity contribution in [1.82, 2.24) is 25.0 Å². The van der Waals surface area contributed by atoms with Gasteiger partial charge in [0, 0.05) is 24.7 Å². The quantitative estimate of drug-likeness (QED) is 0.445. The van der Waals surface area contributed by atoms with E-state index >= 15 is 0 Å². The van der Waals surface area contributed by atoms with Gasteiger partial charge in [0.15, 0.2) is 17.9 Å². The SMILES string of the molecule is C=C1C[C@H](C)CC[C@H]1C(C)N1c2c(nc(-c3noc(=O)[nH]3)nc2N[C@H](C)C2CCC2)NC1N1CCOC[C@H]1C. The lowest BCUT2D eigenvalue weighted by Gasteiger charge is -2.46. The van der Waals surface area contributed by atoms with Gasteiger partial charge in [-0.25, -0.2) is 14.8 Å². The maximum atomic E-state index is 11.8. The number of ether oxygens (including phenoxy) is 1. The Labute approximate surface area is 229 Å². The number of H-pyrrole nitrogens is 1. The average molecular weight is 539 g/mol. The molecule has 3 fully saturated rings. The first-order chi connectivity index (χ1) is 18.8. The fourth-order valence-electron chi connectivity index (χ4n) is 6.84. The summed E-state index contributed by atoms with van der Waals surface area (Å²) >= 11 is 0. The number of hydrogen-bond donors (Lipinski definition) is 3. The lowest BCUT2D eigenvalue weighted by Crippen LogP contribution is -2.60. The highest BCUT2D eigenvalue weighted by Gasteiger charge is 2.45. The third-order valence-corrected chi connectivity index (χ3v) is 9.40. The predicted molar refractivity (Wildman–Crippen MR) is 151 cm³/mol. The van der Waals surface area contributed by atoms with Crippen molar-refractivity contribution in [2.45, 2.75) is 90.6 Å². The Kier molecular flexibility index (Phi) is 7.13. The zero-order chi connectivity index (χ0) is 27.3. The minimum atomic E-state index is -0.625. The maximum absolute atomic E-state index is 11.8. The molecule has 11 heteroatoms. The molecule has 1 saturated heterocycles. The van der Waals surface area contributed by atoms with E-state index in [0.29, 0.717) is 36.8 Å². The van der Waals surface area contributed by atoms with Crippen LogP contribution >= 0.6 is 0 Å². The molecule has 2 unspecified atom stereocenters. The number of nitrogens with zero attached hydrogens (tertiary/aromatic N) is 5. The molecule has 0 aromatic carbocycles. The fourth-order valence-corrected chi connectivity index (χ4v) is 6.84. The van der Waals surface area contributed by atoms with Crippen LogP contribution in [0.25, 0.3) is 11.6 Å². The van der Waals surface area contributed by atoms with Crippen LogP contribution in [-0.4, -0.2) is 69.2 Å². The van der Waals surface area contributed by atoms with Crippen molar-refractivity contribution in [3.8, 4) is 11.6 Å². The highest BCUT2D eigenvalue weighted by atomic mass is 16.5. The summed E-state index contributed by atoms with van der Waals surface area (Å²) in [6, 6.07) is 0.671. The summed E-state index contributed by atoms with van der Waals surface area (Å²) in [6.07, 6.45) is 7.00. The van der Waals surface area contributed by atoms with E-state index in [1.54, 1.807) is 0 Å². The van der Waals surface area contributed by atoms with Gasteiger partial charge < -0.3 is 20.3 Å². The van der Waals surface area contributed by atoms with Gasteiger partial charge in [0.25, 0.3) is 0 Å². The summed E-state index contributed by atoms with van der Waals surface area (Å²) in [5.41, 5.74) is 2.30.